The Hall–Kier alpha value is -0.660. The lowest BCUT2D eigenvalue weighted by Gasteiger charge is -2.11. The van der Waals surface area contributed by atoms with Gasteiger partial charge in [-0.15, -0.1) is 0 Å². The SMILES string of the molecule is CC=NC(C)(C)C=NCC. The van der Waals surface area contributed by atoms with Gasteiger partial charge in [0.2, 0.25) is 0 Å². The number of aliphatic imine (C=N–C) groups is 2. The lowest BCUT2D eigenvalue weighted by Crippen LogP contribution is -2.18. The number of rotatable bonds is 3. The van der Waals surface area contributed by atoms with E-state index >= 15 is 0 Å². The molecule has 0 aromatic rings. The summed E-state index contributed by atoms with van der Waals surface area (Å²) in [4.78, 5) is 8.34. The predicted molar refractivity (Wildman–Crippen MR) is 47.3 cm³/mol. The van der Waals surface area contributed by atoms with Crippen LogP contribution in [0.3, 0.4) is 0 Å². The van der Waals surface area contributed by atoms with Gasteiger partial charge < -0.3 is 0 Å². The molecule has 0 aliphatic rings. The Morgan fingerprint density at radius 2 is 2.00 bits per heavy atom. The van der Waals surface area contributed by atoms with E-state index in [-0.39, 0.29) is 5.54 Å². The first-order valence-corrected chi connectivity index (χ1v) is 3.63. The van der Waals surface area contributed by atoms with Gasteiger partial charge in [-0.25, -0.2) is 0 Å². The molecule has 0 saturated heterocycles. The average Bonchev–Trinajstić information content (AvgIpc) is 1.84. The van der Waals surface area contributed by atoms with E-state index in [0.29, 0.717) is 0 Å². The summed E-state index contributed by atoms with van der Waals surface area (Å²) in [6.45, 7) is 8.84. The molecule has 10 heavy (non-hydrogen) atoms. The lowest BCUT2D eigenvalue weighted by molar-refractivity contribution is 0.717. The Bertz CT molecular complexity index is 134. The van der Waals surface area contributed by atoms with Crippen molar-refractivity contribution < 1.29 is 0 Å². The van der Waals surface area contributed by atoms with Gasteiger partial charge in [0.1, 0.15) is 0 Å². The average molecular weight is 140 g/mol. The second-order valence-electron chi connectivity index (χ2n) is 2.67. The van der Waals surface area contributed by atoms with Crippen molar-refractivity contribution in [3.63, 3.8) is 0 Å². The van der Waals surface area contributed by atoms with Gasteiger partial charge in [0.25, 0.3) is 0 Å². The van der Waals surface area contributed by atoms with Crippen LogP contribution in [0.15, 0.2) is 9.98 Å². The van der Waals surface area contributed by atoms with Crippen molar-refractivity contribution in [3.05, 3.63) is 0 Å². The van der Waals surface area contributed by atoms with Crippen LogP contribution in [0.1, 0.15) is 27.7 Å². The minimum absolute atomic E-state index is 0.120. The Kier molecular flexibility index (Phi) is 3.93. The molecule has 58 valence electrons. The molecule has 0 N–H and O–H groups in total. The zero-order valence-electron chi connectivity index (χ0n) is 7.26. The third kappa shape index (κ3) is 4.24. The summed E-state index contributed by atoms with van der Waals surface area (Å²) in [6.07, 6.45) is 3.69. The maximum Gasteiger partial charge on any atom is 0.0892 e. The van der Waals surface area contributed by atoms with Crippen molar-refractivity contribution in [3.8, 4) is 0 Å². The van der Waals surface area contributed by atoms with Gasteiger partial charge in [-0.05, 0) is 33.9 Å². The summed E-state index contributed by atoms with van der Waals surface area (Å²) in [5.74, 6) is 0. The van der Waals surface area contributed by atoms with Crippen LogP contribution in [0.25, 0.3) is 0 Å². The van der Waals surface area contributed by atoms with Crippen LogP contribution in [-0.2, 0) is 0 Å². The van der Waals surface area contributed by atoms with Crippen LogP contribution in [0, 0.1) is 0 Å². The van der Waals surface area contributed by atoms with Crippen molar-refractivity contribution in [2.45, 2.75) is 33.2 Å². The number of hydrogen-bond acceptors (Lipinski definition) is 2. The molecule has 0 radical (unpaired) electrons. The first-order chi connectivity index (χ1) is 4.62. The molecule has 0 amide bonds. The Morgan fingerprint density at radius 3 is 2.40 bits per heavy atom. The minimum Gasteiger partial charge on any atom is -0.295 e. The van der Waals surface area contributed by atoms with E-state index in [9.17, 15) is 0 Å². The molecule has 0 spiro atoms. The molecule has 0 aromatic heterocycles. The smallest absolute Gasteiger partial charge is 0.0892 e. The van der Waals surface area contributed by atoms with E-state index in [1.54, 1.807) is 0 Å². The van der Waals surface area contributed by atoms with Crippen LogP contribution in [-0.4, -0.2) is 24.5 Å². The van der Waals surface area contributed by atoms with Gasteiger partial charge in [-0.2, -0.15) is 0 Å². The molecule has 0 aromatic carbocycles. The van der Waals surface area contributed by atoms with Crippen molar-refractivity contribution in [1.82, 2.24) is 0 Å². The van der Waals surface area contributed by atoms with Crippen molar-refractivity contribution in [2.24, 2.45) is 9.98 Å². The largest absolute Gasteiger partial charge is 0.295 e. The van der Waals surface area contributed by atoms with Gasteiger partial charge in [0, 0.05) is 12.8 Å². The summed E-state index contributed by atoms with van der Waals surface area (Å²) < 4.78 is 0. The van der Waals surface area contributed by atoms with Gasteiger partial charge in [0.05, 0.1) is 5.54 Å². The van der Waals surface area contributed by atoms with Crippen LogP contribution in [0.2, 0.25) is 0 Å². The van der Waals surface area contributed by atoms with Crippen LogP contribution in [0.4, 0.5) is 0 Å². The molecule has 0 unspecified atom stereocenters. The molecule has 0 aliphatic heterocycles. The molecule has 2 nitrogen and oxygen atoms in total. The maximum absolute atomic E-state index is 4.22. The highest BCUT2D eigenvalue weighted by Crippen LogP contribution is 2.03. The third-order valence-corrected chi connectivity index (χ3v) is 1.05. The van der Waals surface area contributed by atoms with E-state index in [4.69, 9.17) is 0 Å². The van der Waals surface area contributed by atoms with Gasteiger partial charge in [-0.3, -0.25) is 9.98 Å². The highest BCUT2D eigenvalue weighted by molar-refractivity contribution is 5.72. The van der Waals surface area contributed by atoms with Crippen LogP contribution < -0.4 is 0 Å². The molecule has 0 saturated carbocycles. The highest BCUT2D eigenvalue weighted by Gasteiger charge is 2.09. The standard InChI is InChI=1S/C8H16N2/c1-5-9-7-8(3,4)10-6-2/h6-7H,5H2,1-4H3. The Labute approximate surface area is 63.1 Å². The molecule has 0 fully saturated rings. The minimum atomic E-state index is -0.120. The first-order valence-electron chi connectivity index (χ1n) is 3.63. The van der Waals surface area contributed by atoms with Crippen LogP contribution in [0.5, 0.6) is 0 Å². The normalized spacial score (nSPS) is 13.6. The number of nitrogens with zero attached hydrogens (tertiary/aromatic N) is 2. The predicted octanol–water partition coefficient (Wildman–Crippen LogP) is 1.95. The fourth-order valence-corrected chi connectivity index (χ4v) is 0.681. The van der Waals surface area contributed by atoms with E-state index < -0.39 is 0 Å². The van der Waals surface area contributed by atoms with Gasteiger partial charge in [0.15, 0.2) is 0 Å². The summed E-state index contributed by atoms with van der Waals surface area (Å²) >= 11 is 0. The van der Waals surface area contributed by atoms with E-state index in [0.717, 1.165) is 6.54 Å². The molecular weight excluding hydrogens is 124 g/mol. The summed E-state index contributed by atoms with van der Waals surface area (Å²) in [5.41, 5.74) is -0.120. The third-order valence-electron chi connectivity index (χ3n) is 1.05. The summed E-state index contributed by atoms with van der Waals surface area (Å²) in [7, 11) is 0. The molecule has 0 atom stereocenters. The monoisotopic (exact) mass is 140 g/mol. The van der Waals surface area contributed by atoms with Crippen LogP contribution >= 0.6 is 0 Å². The zero-order chi connectivity index (χ0) is 8.04. The lowest BCUT2D eigenvalue weighted by atomic mass is 10.1. The van der Waals surface area contributed by atoms with Crippen molar-refractivity contribution in [2.75, 3.05) is 6.54 Å². The second-order valence-corrected chi connectivity index (χ2v) is 2.67. The fraction of sp³-hybridized carbons (Fsp3) is 0.750. The van der Waals surface area contributed by atoms with E-state index in [1.807, 2.05) is 40.1 Å². The fourth-order valence-electron chi connectivity index (χ4n) is 0.681. The van der Waals surface area contributed by atoms with Crippen molar-refractivity contribution in [1.29, 1.82) is 0 Å². The van der Waals surface area contributed by atoms with Gasteiger partial charge >= 0.3 is 0 Å². The second kappa shape index (κ2) is 4.20. The highest BCUT2D eigenvalue weighted by atomic mass is 14.9. The quantitative estimate of drug-likeness (QED) is 0.535. The molecule has 2 heteroatoms. The van der Waals surface area contributed by atoms with Crippen molar-refractivity contribution >= 4 is 12.4 Å². The van der Waals surface area contributed by atoms with Gasteiger partial charge in [-0.1, -0.05) is 0 Å². The zero-order valence-corrected chi connectivity index (χ0v) is 7.26. The number of hydrogen-bond donors (Lipinski definition) is 0. The Balaban J connectivity index is 3.98. The van der Waals surface area contributed by atoms with E-state index in [2.05, 4.69) is 9.98 Å². The molecule has 0 bridgehead atoms. The molecule has 0 heterocycles. The maximum atomic E-state index is 4.22. The van der Waals surface area contributed by atoms with E-state index in [1.165, 1.54) is 0 Å². The Morgan fingerprint density at radius 1 is 1.40 bits per heavy atom. The summed E-state index contributed by atoms with van der Waals surface area (Å²) in [6, 6.07) is 0. The molecule has 0 aliphatic carbocycles. The summed E-state index contributed by atoms with van der Waals surface area (Å²) in [5, 5.41) is 0. The topological polar surface area (TPSA) is 24.7 Å². The first kappa shape index (κ1) is 9.34. The molecule has 0 rings (SSSR count). The molecular formula is C8H16N2.